The standard InChI is InChI=1S/C16H11ClF3NO2/c17-12-3-6-14-11(7-12)9-21(15(14)22)8-10-1-4-13(5-2-10)23-16(18,19)20/h1-7H,8-9H2. The molecule has 0 unspecified atom stereocenters. The van der Waals surface area contributed by atoms with Crippen LogP contribution in [0.5, 0.6) is 5.75 Å². The Kier molecular flexibility index (Phi) is 3.93. The van der Waals surface area contributed by atoms with E-state index in [-0.39, 0.29) is 11.7 Å². The Morgan fingerprint density at radius 3 is 2.48 bits per heavy atom. The highest BCUT2D eigenvalue weighted by atomic mass is 35.5. The lowest BCUT2D eigenvalue weighted by atomic mass is 10.1. The SMILES string of the molecule is O=C1c2ccc(Cl)cc2CN1Cc1ccc(OC(F)(F)F)cc1. The highest BCUT2D eigenvalue weighted by Crippen LogP contribution is 2.28. The topological polar surface area (TPSA) is 29.5 Å². The van der Waals surface area contributed by atoms with Crippen LogP contribution in [0.1, 0.15) is 21.5 Å². The Balaban J connectivity index is 1.70. The molecule has 1 amide bonds. The molecule has 1 heterocycles. The van der Waals surface area contributed by atoms with Crippen LogP contribution in [0.25, 0.3) is 0 Å². The number of carbonyl (C=O) groups is 1. The van der Waals surface area contributed by atoms with Gasteiger partial charge in [0, 0.05) is 23.7 Å². The summed E-state index contributed by atoms with van der Waals surface area (Å²) >= 11 is 5.91. The summed E-state index contributed by atoms with van der Waals surface area (Å²) in [6.07, 6.45) is -4.71. The Morgan fingerprint density at radius 2 is 1.83 bits per heavy atom. The molecule has 23 heavy (non-hydrogen) atoms. The van der Waals surface area contributed by atoms with E-state index in [1.54, 1.807) is 23.1 Å². The molecule has 7 heteroatoms. The van der Waals surface area contributed by atoms with E-state index in [0.29, 0.717) is 29.2 Å². The molecular formula is C16H11ClF3NO2. The maximum absolute atomic E-state index is 12.3. The van der Waals surface area contributed by atoms with Crippen LogP contribution in [0.4, 0.5) is 13.2 Å². The van der Waals surface area contributed by atoms with Gasteiger partial charge in [0.15, 0.2) is 0 Å². The molecule has 0 aromatic heterocycles. The number of benzene rings is 2. The van der Waals surface area contributed by atoms with Crippen LogP contribution in [0.2, 0.25) is 5.02 Å². The zero-order valence-corrected chi connectivity index (χ0v) is 12.5. The van der Waals surface area contributed by atoms with Gasteiger partial charge in [0.05, 0.1) is 0 Å². The predicted molar refractivity (Wildman–Crippen MR) is 78.2 cm³/mol. The van der Waals surface area contributed by atoms with Crippen LogP contribution < -0.4 is 4.74 Å². The van der Waals surface area contributed by atoms with Crippen LogP contribution in [0.15, 0.2) is 42.5 Å². The van der Waals surface area contributed by atoms with Gasteiger partial charge in [0.1, 0.15) is 5.75 Å². The molecule has 1 aliphatic heterocycles. The van der Waals surface area contributed by atoms with Crippen molar-refractivity contribution in [1.29, 1.82) is 0 Å². The summed E-state index contributed by atoms with van der Waals surface area (Å²) in [6, 6.07) is 10.6. The van der Waals surface area contributed by atoms with Gasteiger partial charge in [-0.25, -0.2) is 0 Å². The fraction of sp³-hybridized carbons (Fsp3) is 0.188. The van der Waals surface area contributed by atoms with E-state index in [1.807, 2.05) is 0 Å². The first-order chi connectivity index (χ1) is 10.8. The minimum Gasteiger partial charge on any atom is -0.406 e. The Hall–Kier alpha value is -2.21. The van der Waals surface area contributed by atoms with Gasteiger partial charge in [-0.2, -0.15) is 0 Å². The second-order valence-corrected chi connectivity index (χ2v) is 5.59. The van der Waals surface area contributed by atoms with Crippen molar-refractivity contribution in [3.63, 3.8) is 0 Å². The number of halogens is 4. The molecular weight excluding hydrogens is 331 g/mol. The zero-order chi connectivity index (χ0) is 16.6. The van der Waals surface area contributed by atoms with Gasteiger partial charge >= 0.3 is 6.36 Å². The molecule has 120 valence electrons. The third kappa shape index (κ3) is 3.59. The van der Waals surface area contributed by atoms with Crippen molar-refractivity contribution in [3.8, 4) is 5.75 Å². The zero-order valence-electron chi connectivity index (χ0n) is 11.7. The first-order valence-electron chi connectivity index (χ1n) is 6.74. The summed E-state index contributed by atoms with van der Waals surface area (Å²) in [4.78, 5) is 13.9. The smallest absolute Gasteiger partial charge is 0.406 e. The van der Waals surface area contributed by atoms with Gasteiger partial charge in [0.25, 0.3) is 5.91 Å². The van der Waals surface area contributed by atoms with Crippen LogP contribution in [0.3, 0.4) is 0 Å². The minimum absolute atomic E-state index is 0.118. The highest BCUT2D eigenvalue weighted by molar-refractivity contribution is 6.30. The number of carbonyl (C=O) groups excluding carboxylic acids is 1. The first-order valence-corrected chi connectivity index (χ1v) is 7.12. The van der Waals surface area contributed by atoms with Crippen molar-refractivity contribution in [2.45, 2.75) is 19.5 Å². The molecule has 3 nitrogen and oxygen atoms in total. The molecule has 0 spiro atoms. The molecule has 0 bridgehead atoms. The lowest BCUT2D eigenvalue weighted by Crippen LogP contribution is -2.23. The number of alkyl halides is 3. The third-order valence-corrected chi connectivity index (χ3v) is 3.71. The summed E-state index contributed by atoms with van der Waals surface area (Å²) in [5, 5.41) is 0.562. The van der Waals surface area contributed by atoms with E-state index in [2.05, 4.69) is 4.74 Å². The Labute approximate surface area is 135 Å². The van der Waals surface area contributed by atoms with E-state index < -0.39 is 6.36 Å². The van der Waals surface area contributed by atoms with Crippen molar-refractivity contribution in [3.05, 3.63) is 64.2 Å². The molecule has 2 aromatic rings. The first kappa shape index (κ1) is 15.7. The summed E-state index contributed by atoms with van der Waals surface area (Å²) in [6.45, 7) is 0.729. The van der Waals surface area contributed by atoms with Crippen LogP contribution in [-0.2, 0) is 13.1 Å². The number of nitrogens with zero attached hydrogens (tertiary/aromatic N) is 1. The van der Waals surface area contributed by atoms with E-state index in [1.165, 1.54) is 24.3 Å². The van der Waals surface area contributed by atoms with E-state index in [4.69, 9.17) is 11.6 Å². The second-order valence-electron chi connectivity index (χ2n) is 5.15. The highest BCUT2D eigenvalue weighted by Gasteiger charge is 2.31. The van der Waals surface area contributed by atoms with Gasteiger partial charge in [0.2, 0.25) is 0 Å². The molecule has 0 saturated heterocycles. The van der Waals surface area contributed by atoms with Gasteiger partial charge in [-0.05, 0) is 41.5 Å². The molecule has 0 fully saturated rings. The van der Waals surface area contributed by atoms with E-state index in [9.17, 15) is 18.0 Å². The Morgan fingerprint density at radius 1 is 1.13 bits per heavy atom. The number of amides is 1. The molecule has 1 aliphatic rings. The molecule has 2 aromatic carbocycles. The number of rotatable bonds is 3. The lowest BCUT2D eigenvalue weighted by molar-refractivity contribution is -0.274. The van der Waals surface area contributed by atoms with Crippen molar-refractivity contribution >= 4 is 17.5 Å². The second kappa shape index (κ2) is 5.77. The molecule has 3 rings (SSSR count). The maximum Gasteiger partial charge on any atom is 0.573 e. The number of hydrogen-bond acceptors (Lipinski definition) is 2. The van der Waals surface area contributed by atoms with Gasteiger partial charge in [-0.15, -0.1) is 13.2 Å². The van der Waals surface area contributed by atoms with Gasteiger partial charge in [-0.3, -0.25) is 4.79 Å². The Bertz CT molecular complexity index is 744. The van der Waals surface area contributed by atoms with E-state index in [0.717, 1.165) is 5.56 Å². The number of fused-ring (bicyclic) bond motifs is 1. The quantitative estimate of drug-likeness (QED) is 0.828. The summed E-state index contributed by atoms with van der Waals surface area (Å²) in [7, 11) is 0. The normalized spacial score (nSPS) is 14.1. The van der Waals surface area contributed by atoms with Crippen LogP contribution in [-0.4, -0.2) is 17.2 Å². The number of ether oxygens (including phenoxy) is 1. The number of hydrogen-bond donors (Lipinski definition) is 0. The fourth-order valence-corrected chi connectivity index (χ4v) is 2.69. The monoisotopic (exact) mass is 341 g/mol. The van der Waals surface area contributed by atoms with Crippen molar-refractivity contribution in [1.82, 2.24) is 4.90 Å². The average Bonchev–Trinajstić information content (AvgIpc) is 2.75. The summed E-state index contributed by atoms with van der Waals surface area (Å²) < 4.78 is 40.2. The van der Waals surface area contributed by atoms with Crippen molar-refractivity contribution in [2.24, 2.45) is 0 Å². The van der Waals surface area contributed by atoms with Gasteiger partial charge < -0.3 is 9.64 Å². The molecule has 0 radical (unpaired) electrons. The van der Waals surface area contributed by atoms with Crippen molar-refractivity contribution in [2.75, 3.05) is 0 Å². The largest absolute Gasteiger partial charge is 0.573 e. The third-order valence-electron chi connectivity index (χ3n) is 3.48. The van der Waals surface area contributed by atoms with Crippen LogP contribution >= 0.6 is 11.6 Å². The lowest BCUT2D eigenvalue weighted by Gasteiger charge is -2.16. The molecule has 0 N–H and O–H groups in total. The predicted octanol–water partition coefficient (Wildman–Crippen LogP) is 4.39. The van der Waals surface area contributed by atoms with Crippen molar-refractivity contribution < 1.29 is 22.7 Å². The van der Waals surface area contributed by atoms with Gasteiger partial charge in [-0.1, -0.05) is 23.7 Å². The fourth-order valence-electron chi connectivity index (χ4n) is 2.49. The summed E-state index contributed by atoms with van der Waals surface area (Å²) in [5.74, 6) is -0.406. The minimum atomic E-state index is -4.71. The molecule has 0 saturated carbocycles. The van der Waals surface area contributed by atoms with E-state index >= 15 is 0 Å². The summed E-state index contributed by atoms with van der Waals surface area (Å²) in [5.41, 5.74) is 2.16. The van der Waals surface area contributed by atoms with Crippen LogP contribution in [0, 0.1) is 0 Å². The molecule has 0 atom stereocenters. The molecule has 0 aliphatic carbocycles. The average molecular weight is 342 g/mol. The maximum atomic E-state index is 12.3.